The second-order valence-corrected chi connectivity index (χ2v) is 7.02. The minimum absolute atomic E-state index is 0.652. The maximum Gasteiger partial charge on any atom is 0.227 e. The molecule has 1 saturated heterocycles. The first-order chi connectivity index (χ1) is 14.4. The van der Waals surface area contributed by atoms with Gasteiger partial charge in [0.1, 0.15) is 5.82 Å². The molecule has 148 valence electrons. The number of benzene rings is 1. The van der Waals surface area contributed by atoms with Gasteiger partial charge in [-0.25, -0.2) is 4.98 Å². The molecule has 0 amide bonds. The number of nitrogens with zero attached hydrogens (tertiary/aromatic N) is 5. The first-order valence-corrected chi connectivity index (χ1v) is 10.0. The van der Waals surface area contributed by atoms with Gasteiger partial charge in [-0.1, -0.05) is 48.6 Å². The van der Waals surface area contributed by atoms with Crippen molar-refractivity contribution in [3.8, 4) is 0 Å². The van der Waals surface area contributed by atoms with Crippen molar-refractivity contribution in [2.24, 2.45) is 0 Å². The fourth-order valence-corrected chi connectivity index (χ4v) is 3.32. The molecular weight excluding hydrogens is 360 g/mol. The van der Waals surface area contributed by atoms with Crippen molar-refractivity contribution in [2.75, 3.05) is 42.9 Å². The zero-order valence-corrected chi connectivity index (χ0v) is 16.5. The third-order valence-corrected chi connectivity index (χ3v) is 4.95. The molecule has 0 aliphatic carbocycles. The quantitative estimate of drug-likeness (QED) is 0.672. The molecule has 1 N–H and O–H groups in total. The van der Waals surface area contributed by atoms with Gasteiger partial charge in [0, 0.05) is 45.1 Å². The Labute approximate surface area is 171 Å². The lowest BCUT2D eigenvalue weighted by molar-refractivity contribution is 0.283. The first kappa shape index (κ1) is 19.1. The number of hydrogen-bond donors (Lipinski definition) is 1. The Kier molecular flexibility index (Phi) is 6.45. The van der Waals surface area contributed by atoms with Gasteiger partial charge in [-0.2, -0.15) is 4.98 Å². The molecule has 1 aliphatic rings. The maximum atomic E-state index is 4.68. The summed E-state index contributed by atoms with van der Waals surface area (Å²) in [5, 5.41) is 3.33. The summed E-state index contributed by atoms with van der Waals surface area (Å²) in [5.74, 6) is 1.62. The Morgan fingerprint density at radius 2 is 1.69 bits per heavy atom. The van der Waals surface area contributed by atoms with Crippen LogP contribution in [0.25, 0.3) is 6.08 Å². The standard InChI is InChI=1S/C23H26N6/c1-2-7-20(8-3-1)9-6-14-28-15-17-29(18-16-28)23-25-13-11-22(27-23)26-19-21-10-4-5-12-24-21/h1-13H,14-19H2,(H,25,26,27)/b9-6+. The summed E-state index contributed by atoms with van der Waals surface area (Å²) < 4.78 is 0. The molecule has 3 heterocycles. The number of nitrogens with one attached hydrogen (secondary N) is 1. The number of rotatable bonds is 7. The van der Waals surface area contributed by atoms with E-state index in [1.54, 1.807) is 6.20 Å². The van der Waals surface area contributed by atoms with E-state index in [4.69, 9.17) is 0 Å². The van der Waals surface area contributed by atoms with Crippen molar-refractivity contribution in [2.45, 2.75) is 6.54 Å². The molecule has 6 nitrogen and oxygen atoms in total. The highest BCUT2D eigenvalue weighted by Gasteiger charge is 2.18. The highest BCUT2D eigenvalue weighted by atomic mass is 15.3. The first-order valence-electron chi connectivity index (χ1n) is 10.0. The molecule has 0 spiro atoms. The van der Waals surface area contributed by atoms with Gasteiger partial charge >= 0.3 is 0 Å². The van der Waals surface area contributed by atoms with Gasteiger partial charge in [-0.15, -0.1) is 0 Å². The second-order valence-electron chi connectivity index (χ2n) is 7.02. The average Bonchev–Trinajstić information content (AvgIpc) is 2.80. The average molecular weight is 387 g/mol. The van der Waals surface area contributed by atoms with E-state index < -0.39 is 0 Å². The van der Waals surface area contributed by atoms with Gasteiger partial charge in [0.05, 0.1) is 12.2 Å². The zero-order chi connectivity index (χ0) is 19.7. The summed E-state index contributed by atoms with van der Waals surface area (Å²) in [5.41, 5.74) is 2.24. The Hall–Kier alpha value is -3.25. The highest BCUT2D eigenvalue weighted by Crippen LogP contribution is 2.14. The van der Waals surface area contributed by atoms with Gasteiger partial charge in [-0.3, -0.25) is 9.88 Å². The van der Waals surface area contributed by atoms with E-state index in [2.05, 4.69) is 66.5 Å². The number of aromatic nitrogens is 3. The summed E-state index contributed by atoms with van der Waals surface area (Å²) in [6, 6.07) is 18.2. The second kappa shape index (κ2) is 9.80. The van der Waals surface area contributed by atoms with Crippen LogP contribution in [0.2, 0.25) is 0 Å². The van der Waals surface area contributed by atoms with Gasteiger partial charge in [0.15, 0.2) is 0 Å². The molecule has 6 heteroatoms. The number of pyridine rings is 1. The fraction of sp³-hybridized carbons (Fsp3) is 0.261. The predicted octanol–water partition coefficient (Wildman–Crippen LogP) is 3.32. The van der Waals surface area contributed by atoms with Crippen LogP contribution in [-0.2, 0) is 6.54 Å². The Balaban J connectivity index is 1.26. The van der Waals surface area contributed by atoms with Crippen LogP contribution in [0.4, 0.5) is 11.8 Å². The maximum absolute atomic E-state index is 4.68. The van der Waals surface area contributed by atoms with Crippen LogP contribution in [0.15, 0.2) is 73.1 Å². The van der Waals surface area contributed by atoms with E-state index in [1.807, 2.05) is 36.5 Å². The molecule has 2 aromatic heterocycles. The number of anilines is 2. The van der Waals surface area contributed by atoms with E-state index in [-0.39, 0.29) is 0 Å². The molecule has 0 atom stereocenters. The van der Waals surface area contributed by atoms with Crippen LogP contribution in [0.1, 0.15) is 11.3 Å². The molecule has 0 unspecified atom stereocenters. The molecule has 29 heavy (non-hydrogen) atoms. The van der Waals surface area contributed by atoms with Crippen LogP contribution in [0, 0.1) is 0 Å². The fourth-order valence-electron chi connectivity index (χ4n) is 3.32. The summed E-state index contributed by atoms with van der Waals surface area (Å²) >= 11 is 0. The van der Waals surface area contributed by atoms with Crippen molar-refractivity contribution < 1.29 is 0 Å². The Morgan fingerprint density at radius 1 is 0.862 bits per heavy atom. The summed E-state index contributed by atoms with van der Waals surface area (Å²) in [6.45, 7) is 5.50. The molecular formula is C23H26N6. The van der Waals surface area contributed by atoms with Gasteiger partial charge in [-0.05, 0) is 23.8 Å². The number of piperazine rings is 1. The summed E-state index contributed by atoms with van der Waals surface area (Å²) in [6.07, 6.45) is 8.05. The highest BCUT2D eigenvalue weighted by molar-refractivity contribution is 5.48. The lowest BCUT2D eigenvalue weighted by atomic mass is 10.2. The van der Waals surface area contributed by atoms with E-state index in [9.17, 15) is 0 Å². The van der Waals surface area contributed by atoms with Gasteiger partial charge < -0.3 is 10.2 Å². The van der Waals surface area contributed by atoms with Crippen molar-refractivity contribution in [1.82, 2.24) is 19.9 Å². The minimum Gasteiger partial charge on any atom is -0.364 e. The number of hydrogen-bond acceptors (Lipinski definition) is 6. The Morgan fingerprint density at radius 3 is 2.48 bits per heavy atom. The van der Waals surface area contributed by atoms with Crippen LogP contribution >= 0.6 is 0 Å². The third kappa shape index (κ3) is 5.62. The molecule has 4 rings (SSSR count). The monoisotopic (exact) mass is 386 g/mol. The zero-order valence-electron chi connectivity index (χ0n) is 16.5. The molecule has 1 fully saturated rings. The smallest absolute Gasteiger partial charge is 0.227 e. The van der Waals surface area contributed by atoms with Crippen molar-refractivity contribution in [3.05, 3.63) is 84.3 Å². The molecule has 0 saturated carbocycles. The van der Waals surface area contributed by atoms with Gasteiger partial charge in [0.2, 0.25) is 5.95 Å². The predicted molar refractivity (Wildman–Crippen MR) is 118 cm³/mol. The molecule has 1 aliphatic heterocycles. The Bertz CT molecular complexity index is 905. The van der Waals surface area contributed by atoms with E-state index in [1.165, 1.54) is 5.56 Å². The lowest BCUT2D eigenvalue weighted by Crippen LogP contribution is -2.47. The largest absolute Gasteiger partial charge is 0.364 e. The van der Waals surface area contributed by atoms with E-state index >= 15 is 0 Å². The molecule has 3 aromatic rings. The van der Waals surface area contributed by atoms with E-state index in [0.717, 1.165) is 50.2 Å². The summed E-state index contributed by atoms with van der Waals surface area (Å²) in [4.78, 5) is 18.2. The molecule has 0 radical (unpaired) electrons. The van der Waals surface area contributed by atoms with Crippen LogP contribution < -0.4 is 10.2 Å². The molecule has 1 aromatic carbocycles. The van der Waals surface area contributed by atoms with E-state index in [0.29, 0.717) is 6.54 Å². The van der Waals surface area contributed by atoms with Crippen molar-refractivity contribution in [3.63, 3.8) is 0 Å². The minimum atomic E-state index is 0.652. The summed E-state index contributed by atoms with van der Waals surface area (Å²) in [7, 11) is 0. The molecule has 0 bridgehead atoms. The topological polar surface area (TPSA) is 57.2 Å². The van der Waals surface area contributed by atoms with Gasteiger partial charge in [0.25, 0.3) is 0 Å². The third-order valence-electron chi connectivity index (χ3n) is 4.95. The van der Waals surface area contributed by atoms with Crippen LogP contribution in [0.5, 0.6) is 0 Å². The van der Waals surface area contributed by atoms with Crippen LogP contribution in [-0.4, -0.2) is 52.6 Å². The lowest BCUT2D eigenvalue weighted by Gasteiger charge is -2.34. The normalized spacial score (nSPS) is 15.0. The van der Waals surface area contributed by atoms with Crippen molar-refractivity contribution >= 4 is 17.8 Å². The van der Waals surface area contributed by atoms with Crippen LogP contribution in [0.3, 0.4) is 0 Å². The SMILES string of the molecule is C(=C\c1ccccc1)/CN1CCN(c2nccc(NCc3ccccn3)n2)CC1. The van der Waals surface area contributed by atoms with Crippen molar-refractivity contribution in [1.29, 1.82) is 0 Å².